The Bertz CT molecular complexity index is 703. The molecule has 0 spiro atoms. The number of nitro benzene ring substituents is 1. The predicted molar refractivity (Wildman–Crippen MR) is 103 cm³/mol. The van der Waals surface area contributed by atoms with Crippen LogP contribution in [0.1, 0.15) is 42.5 Å². The standard InChI is InChI=1S/C19H27N3O6/c1-21(14-6-4-3-5-7-14)18(23)13-28-19(24)16-12-15(22(25)26)8-9-17(16)20-10-11-27-2/h8-9,12,14,20H,3-7,10-11,13H2,1-2H3. The molecule has 1 aliphatic rings. The number of ether oxygens (including phenoxy) is 2. The van der Waals surface area contributed by atoms with E-state index in [1.54, 1.807) is 19.1 Å². The fourth-order valence-corrected chi connectivity index (χ4v) is 3.24. The van der Waals surface area contributed by atoms with Crippen molar-refractivity contribution in [1.29, 1.82) is 0 Å². The van der Waals surface area contributed by atoms with E-state index >= 15 is 0 Å². The molecule has 9 nitrogen and oxygen atoms in total. The third kappa shape index (κ3) is 5.91. The third-order valence-electron chi connectivity index (χ3n) is 4.90. The molecule has 154 valence electrons. The van der Waals surface area contributed by atoms with Crippen LogP contribution in [-0.4, -0.2) is 61.7 Å². The lowest BCUT2D eigenvalue weighted by atomic mass is 9.94. The quantitative estimate of drug-likeness (QED) is 0.297. The fourth-order valence-electron chi connectivity index (χ4n) is 3.24. The van der Waals surface area contributed by atoms with Gasteiger partial charge >= 0.3 is 5.97 Å². The van der Waals surface area contributed by atoms with Crippen molar-refractivity contribution < 1.29 is 24.0 Å². The van der Waals surface area contributed by atoms with Crippen LogP contribution >= 0.6 is 0 Å². The van der Waals surface area contributed by atoms with Crippen molar-refractivity contribution in [3.63, 3.8) is 0 Å². The molecule has 1 saturated carbocycles. The number of carbonyl (C=O) groups excluding carboxylic acids is 2. The molecule has 1 N–H and O–H groups in total. The Morgan fingerprint density at radius 3 is 2.64 bits per heavy atom. The Labute approximate surface area is 164 Å². The van der Waals surface area contributed by atoms with Crippen LogP contribution in [0.5, 0.6) is 0 Å². The van der Waals surface area contributed by atoms with Gasteiger partial charge in [0.2, 0.25) is 0 Å². The van der Waals surface area contributed by atoms with Crippen LogP contribution in [-0.2, 0) is 14.3 Å². The van der Waals surface area contributed by atoms with Gasteiger partial charge in [0.05, 0.1) is 17.1 Å². The number of nitrogens with zero attached hydrogens (tertiary/aromatic N) is 2. The van der Waals surface area contributed by atoms with E-state index in [0.717, 1.165) is 31.7 Å². The van der Waals surface area contributed by atoms with Gasteiger partial charge in [0.25, 0.3) is 11.6 Å². The summed E-state index contributed by atoms with van der Waals surface area (Å²) in [4.78, 5) is 36.9. The molecule has 2 rings (SSSR count). The fraction of sp³-hybridized carbons (Fsp3) is 0.579. The lowest BCUT2D eigenvalue weighted by molar-refractivity contribution is -0.384. The highest BCUT2D eigenvalue weighted by Gasteiger charge is 2.24. The van der Waals surface area contributed by atoms with Gasteiger partial charge < -0.3 is 19.7 Å². The minimum absolute atomic E-state index is 0.0124. The van der Waals surface area contributed by atoms with Crippen molar-refractivity contribution in [1.82, 2.24) is 4.90 Å². The second-order valence-corrected chi connectivity index (χ2v) is 6.78. The summed E-state index contributed by atoms with van der Waals surface area (Å²) in [6.07, 6.45) is 5.26. The van der Waals surface area contributed by atoms with Gasteiger partial charge in [0.15, 0.2) is 6.61 Å². The van der Waals surface area contributed by atoms with Gasteiger partial charge in [0, 0.05) is 44.6 Å². The Hall–Kier alpha value is -2.68. The highest BCUT2D eigenvalue weighted by molar-refractivity contribution is 5.97. The normalized spacial score (nSPS) is 14.4. The smallest absolute Gasteiger partial charge is 0.341 e. The second kappa shape index (κ2) is 10.6. The van der Waals surface area contributed by atoms with E-state index in [9.17, 15) is 19.7 Å². The summed E-state index contributed by atoms with van der Waals surface area (Å²) in [5.41, 5.74) is 0.175. The van der Waals surface area contributed by atoms with Crippen LogP contribution in [0.15, 0.2) is 18.2 Å². The number of anilines is 1. The van der Waals surface area contributed by atoms with E-state index in [0.29, 0.717) is 18.8 Å². The zero-order chi connectivity index (χ0) is 20.5. The summed E-state index contributed by atoms with van der Waals surface area (Å²) in [7, 11) is 3.26. The number of rotatable bonds is 9. The monoisotopic (exact) mass is 393 g/mol. The summed E-state index contributed by atoms with van der Waals surface area (Å²) in [5.74, 6) is -1.06. The number of methoxy groups -OCH3 is 1. The average molecular weight is 393 g/mol. The van der Waals surface area contributed by atoms with Crippen molar-refractivity contribution in [2.24, 2.45) is 0 Å². The lowest BCUT2D eigenvalue weighted by Gasteiger charge is -2.31. The highest BCUT2D eigenvalue weighted by atomic mass is 16.6. The molecule has 0 heterocycles. The highest BCUT2D eigenvalue weighted by Crippen LogP contribution is 2.24. The minimum atomic E-state index is -0.783. The summed E-state index contributed by atoms with van der Waals surface area (Å²) >= 11 is 0. The first-order valence-corrected chi connectivity index (χ1v) is 9.38. The Morgan fingerprint density at radius 2 is 2.00 bits per heavy atom. The van der Waals surface area contributed by atoms with Crippen LogP contribution in [0.3, 0.4) is 0 Å². The van der Waals surface area contributed by atoms with E-state index in [4.69, 9.17) is 9.47 Å². The van der Waals surface area contributed by atoms with E-state index < -0.39 is 17.5 Å². The van der Waals surface area contributed by atoms with Gasteiger partial charge in [-0.05, 0) is 18.9 Å². The molecule has 0 unspecified atom stereocenters. The molecule has 1 aliphatic carbocycles. The molecule has 1 fully saturated rings. The first-order valence-electron chi connectivity index (χ1n) is 9.38. The Balaban J connectivity index is 2.03. The van der Waals surface area contributed by atoms with Crippen molar-refractivity contribution in [3.05, 3.63) is 33.9 Å². The molecule has 9 heteroatoms. The molecular formula is C19H27N3O6. The van der Waals surface area contributed by atoms with Crippen LogP contribution in [0.25, 0.3) is 0 Å². The number of nitrogens with one attached hydrogen (secondary N) is 1. The van der Waals surface area contributed by atoms with Crippen molar-refractivity contribution >= 4 is 23.3 Å². The van der Waals surface area contributed by atoms with Crippen LogP contribution in [0, 0.1) is 10.1 Å². The summed E-state index contributed by atoms with van der Waals surface area (Å²) in [6, 6.07) is 4.06. The maximum Gasteiger partial charge on any atom is 0.341 e. The molecule has 0 bridgehead atoms. The van der Waals surface area contributed by atoms with Gasteiger partial charge in [-0.3, -0.25) is 14.9 Å². The third-order valence-corrected chi connectivity index (χ3v) is 4.90. The van der Waals surface area contributed by atoms with E-state index in [-0.39, 0.29) is 23.2 Å². The predicted octanol–water partition coefficient (Wildman–Crippen LogP) is 2.60. The molecule has 1 aromatic rings. The molecule has 0 saturated heterocycles. The number of amides is 1. The number of esters is 1. The zero-order valence-corrected chi connectivity index (χ0v) is 16.3. The van der Waals surface area contributed by atoms with Crippen LogP contribution < -0.4 is 5.32 Å². The van der Waals surface area contributed by atoms with Crippen molar-refractivity contribution in [2.75, 3.05) is 39.2 Å². The number of likely N-dealkylation sites (N-methyl/N-ethyl adjacent to an activating group) is 1. The second-order valence-electron chi connectivity index (χ2n) is 6.78. The molecule has 0 radical (unpaired) electrons. The van der Waals surface area contributed by atoms with E-state index in [1.807, 2.05) is 0 Å². The van der Waals surface area contributed by atoms with Crippen molar-refractivity contribution in [3.8, 4) is 0 Å². The number of carbonyl (C=O) groups is 2. The van der Waals surface area contributed by atoms with Crippen molar-refractivity contribution in [2.45, 2.75) is 38.1 Å². The van der Waals surface area contributed by atoms with Gasteiger partial charge in [-0.15, -0.1) is 0 Å². The van der Waals surface area contributed by atoms with Gasteiger partial charge in [0.1, 0.15) is 0 Å². The minimum Gasteiger partial charge on any atom is -0.452 e. The van der Waals surface area contributed by atoms with Crippen LogP contribution in [0.2, 0.25) is 0 Å². The zero-order valence-electron chi connectivity index (χ0n) is 16.3. The first kappa shape index (κ1) is 21.6. The summed E-state index contributed by atoms with van der Waals surface area (Å²) in [6.45, 7) is 0.417. The maximum absolute atomic E-state index is 12.5. The van der Waals surface area contributed by atoms with Gasteiger partial charge in [-0.1, -0.05) is 19.3 Å². The number of nitro groups is 1. The number of hydrogen-bond donors (Lipinski definition) is 1. The number of hydrogen-bond acceptors (Lipinski definition) is 7. The van der Waals surface area contributed by atoms with Crippen LogP contribution in [0.4, 0.5) is 11.4 Å². The van der Waals surface area contributed by atoms with Gasteiger partial charge in [-0.25, -0.2) is 4.79 Å². The molecule has 1 amide bonds. The molecule has 0 aromatic heterocycles. The number of non-ortho nitro benzene ring substituents is 1. The van der Waals surface area contributed by atoms with E-state index in [1.165, 1.54) is 18.6 Å². The van der Waals surface area contributed by atoms with E-state index in [2.05, 4.69) is 5.32 Å². The Kier molecular flexibility index (Phi) is 8.19. The Morgan fingerprint density at radius 1 is 1.29 bits per heavy atom. The molecule has 1 aromatic carbocycles. The first-order chi connectivity index (χ1) is 13.4. The molecule has 0 aliphatic heterocycles. The molecular weight excluding hydrogens is 366 g/mol. The lowest BCUT2D eigenvalue weighted by Crippen LogP contribution is -2.40. The van der Waals surface area contributed by atoms with Gasteiger partial charge in [-0.2, -0.15) is 0 Å². The molecule has 28 heavy (non-hydrogen) atoms. The maximum atomic E-state index is 12.5. The largest absolute Gasteiger partial charge is 0.452 e. The summed E-state index contributed by atoms with van der Waals surface area (Å²) < 4.78 is 10.1. The SMILES string of the molecule is COCCNc1ccc([N+](=O)[O-])cc1C(=O)OCC(=O)N(C)C1CCCCC1. The molecule has 0 atom stereocenters. The average Bonchev–Trinajstić information content (AvgIpc) is 2.72. The topological polar surface area (TPSA) is 111 Å². The summed E-state index contributed by atoms with van der Waals surface area (Å²) in [5, 5.41) is 14.0. The number of benzene rings is 1.